The molecule has 0 fully saturated rings. The number of carbonyl (C=O) groups is 2. The fourth-order valence-corrected chi connectivity index (χ4v) is 1.46. The molecule has 1 aromatic heterocycles. The first-order chi connectivity index (χ1) is 8.54. The van der Waals surface area contributed by atoms with Gasteiger partial charge in [0.15, 0.2) is 0 Å². The van der Waals surface area contributed by atoms with E-state index in [-0.39, 0.29) is 11.9 Å². The van der Waals surface area contributed by atoms with Crippen LogP contribution >= 0.6 is 0 Å². The van der Waals surface area contributed by atoms with Crippen LogP contribution in [0.3, 0.4) is 0 Å². The molecule has 0 saturated heterocycles. The lowest BCUT2D eigenvalue weighted by Gasteiger charge is -2.19. The fraction of sp³-hybridized carbons (Fsp3) is 0.417. The molecule has 6 heteroatoms. The summed E-state index contributed by atoms with van der Waals surface area (Å²) in [6.07, 6.45) is 3.43. The molecule has 0 aliphatic carbocycles. The zero-order valence-electron chi connectivity index (χ0n) is 10.7. The van der Waals surface area contributed by atoms with Crippen molar-refractivity contribution in [3.63, 3.8) is 0 Å². The number of urea groups is 1. The monoisotopic (exact) mass is 250 g/mol. The average molecular weight is 250 g/mol. The third kappa shape index (κ3) is 4.14. The van der Waals surface area contributed by atoms with Crippen molar-refractivity contribution in [2.45, 2.75) is 25.9 Å². The van der Waals surface area contributed by atoms with Gasteiger partial charge in [-0.2, -0.15) is 0 Å². The quantitative estimate of drug-likeness (QED) is 0.730. The lowest BCUT2D eigenvalue weighted by atomic mass is 10.1. The second kappa shape index (κ2) is 6.70. The highest BCUT2D eigenvalue weighted by Gasteiger charge is 2.17. The first kappa shape index (κ1) is 14.1. The number of carbonyl (C=O) groups excluding carboxylic acids is 2. The van der Waals surface area contributed by atoms with Crippen LogP contribution in [0.1, 0.15) is 25.5 Å². The number of rotatable bonds is 4. The summed E-state index contributed by atoms with van der Waals surface area (Å²) < 4.78 is 0. The topological polar surface area (TPSA) is 83.1 Å². The van der Waals surface area contributed by atoms with Gasteiger partial charge in [0.25, 0.3) is 0 Å². The number of nitrogens with zero attached hydrogens (tertiary/aromatic N) is 1. The van der Waals surface area contributed by atoms with Gasteiger partial charge in [0.1, 0.15) is 0 Å². The molecule has 0 saturated carbocycles. The molecule has 0 bridgehead atoms. The highest BCUT2D eigenvalue weighted by atomic mass is 16.2. The van der Waals surface area contributed by atoms with Crippen molar-refractivity contribution in [2.24, 2.45) is 0 Å². The van der Waals surface area contributed by atoms with Gasteiger partial charge >= 0.3 is 6.03 Å². The van der Waals surface area contributed by atoms with Gasteiger partial charge in [-0.15, -0.1) is 0 Å². The van der Waals surface area contributed by atoms with E-state index >= 15 is 0 Å². The Morgan fingerprint density at radius 3 is 2.61 bits per heavy atom. The Labute approximate surface area is 106 Å². The van der Waals surface area contributed by atoms with Crippen LogP contribution in [0.2, 0.25) is 0 Å². The fourth-order valence-electron chi connectivity index (χ4n) is 1.46. The Hall–Kier alpha value is -1.95. The van der Waals surface area contributed by atoms with Crippen LogP contribution in [-0.4, -0.2) is 30.0 Å². The summed E-state index contributed by atoms with van der Waals surface area (Å²) in [6.45, 7) is 3.63. The van der Waals surface area contributed by atoms with E-state index in [0.717, 1.165) is 5.56 Å². The number of hydrogen-bond donors (Lipinski definition) is 3. The molecule has 2 atom stereocenters. The van der Waals surface area contributed by atoms with E-state index in [1.54, 1.807) is 19.3 Å². The Morgan fingerprint density at radius 1 is 1.33 bits per heavy atom. The normalized spacial score (nSPS) is 13.5. The van der Waals surface area contributed by atoms with Crippen molar-refractivity contribution in [1.29, 1.82) is 0 Å². The lowest BCUT2D eigenvalue weighted by Crippen LogP contribution is -2.47. The second-order valence-corrected chi connectivity index (χ2v) is 3.96. The lowest BCUT2D eigenvalue weighted by molar-refractivity contribution is -0.121. The van der Waals surface area contributed by atoms with E-state index in [9.17, 15) is 9.59 Å². The molecule has 1 unspecified atom stereocenters. The average Bonchev–Trinajstić information content (AvgIpc) is 2.39. The largest absolute Gasteiger partial charge is 0.341 e. The van der Waals surface area contributed by atoms with Crippen molar-refractivity contribution in [3.8, 4) is 0 Å². The highest BCUT2D eigenvalue weighted by molar-refractivity contribution is 5.96. The van der Waals surface area contributed by atoms with Gasteiger partial charge < -0.3 is 5.32 Å². The SMILES string of the molecule is CNC(=O)NC(=O)C(C)N[C@H](C)c1cccnc1. The van der Waals surface area contributed by atoms with Crippen LogP contribution in [-0.2, 0) is 4.79 Å². The third-order valence-electron chi connectivity index (χ3n) is 2.54. The van der Waals surface area contributed by atoms with E-state index in [0.29, 0.717) is 0 Å². The molecule has 0 spiro atoms. The van der Waals surface area contributed by atoms with Crippen molar-refractivity contribution in [3.05, 3.63) is 30.1 Å². The maximum Gasteiger partial charge on any atom is 0.321 e. The van der Waals surface area contributed by atoms with Gasteiger partial charge in [-0.1, -0.05) is 6.07 Å². The highest BCUT2D eigenvalue weighted by Crippen LogP contribution is 2.10. The molecule has 0 aromatic carbocycles. The second-order valence-electron chi connectivity index (χ2n) is 3.96. The Balaban J connectivity index is 2.52. The summed E-state index contributed by atoms with van der Waals surface area (Å²) in [5.41, 5.74) is 0.983. The minimum absolute atomic E-state index is 0.0239. The Kier molecular flexibility index (Phi) is 5.26. The number of nitrogens with one attached hydrogen (secondary N) is 3. The Morgan fingerprint density at radius 2 is 2.06 bits per heavy atom. The van der Waals surface area contributed by atoms with E-state index in [2.05, 4.69) is 20.9 Å². The van der Waals surface area contributed by atoms with Crippen LogP contribution in [0.25, 0.3) is 0 Å². The molecule has 6 nitrogen and oxygen atoms in total. The molecule has 3 N–H and O–H groups in total. The van der Waals surface area contributed by atoms with Crippen LogP contribution < -0.4 is 16.0 Å². The van der Waals surface area contributed by atoms with Crippen molar-refractivity contribution in [1.82, 2.24) is 20.9 Å². The molecular weight excluding hydrogens is 232 g/mol. The maximum atomic E-state index is 11.6. The molecule has 18 heavy (non-hydrogen) atoms. The van der Waals surface area contributed by atoms with Crippen LogP contribution in [0, 0.1) is 0 Å². The maximum absolute atomic E-state index is 11.6. The molecule has 1 rings (SSSR count). The van der Waals surface area contributed by atoms with E-state index in [1.807, 2.05) is 19.1 Å². The number of amides is 3. The van der Waals surface area contributed by atoms with Gasteiger partial charge in [-0.25, -0.2) is 4.79 Å². The minimum atomic E-state index is -0.511. The molecule has 0 aliphatic heterocycles. The van der Waals surface area contributed by atoms with Crippen molar-refractivity contribution < 1.29 is 9.59 Å². The summed E-state index contributed by atoms with van der Waals surface area (Å²) in [7, 11) is 1.46. The van der Waals surface area contributed by atoms with Crippen LogP contribution in [0.15, 0.2) is 24.5 Å². The van der Waals surface area contributed by atoms with Gasteiger partial charge in [-0.3, -0.25) is 20.4 Å². The predicted molar refractivity (Wildman–Crippen MR) is 67.8 cm³/mol. The molecular formula is C12H18N4O2. The van der Waals surface area contributed by atoms with Crippen molar-refractivity contribution in [2.75, 3.05) is 7.05 Å². The smallest absolute Gasteiger partial charge is 0.321 e. The summed E-state index contributed by atoms with van der Waals surface area (Å²) in [4.78, 5) is 26.6. The van der Waals surface area contributed by atoms with Gasteiger partial charge in [-0.05, 0) is 25.5 Å². The predicted octanol–water partition coefficient (Wildman–Crippen LogP) is 0.576. The molecule has 3 amide bonds. The standard InChI is InChI=1S/C12H18N4O2/c1-8(10-5-4-6-14-7-10)15-9(2)11(17)16-12(18)13-3/h4-9,15H,1-3H3,(H2,13,16,17,18)/t8-,9?/m1/s1. The summed E-state index contributed by atoms with van der Waals surface area (Å²) in [5.74, 6) is -0.370. The first-order valence-electron chi connectivity index (χ1n) is 5.73. The number of pyridine rings is 1. The minimum Gasteiger partial charge on any atom is -0.341 e. The zero-order valence-corrected chi connectivity index (χ0v) is 10.7. The van der Waals surface area contributed by atoms with Crippen LogP contribution in [0.4, 0.5) is 4.79 Å². The number of hydrogen-bond acceptors (Lipinski definition) is 4. The number of aromatic nitrogens is 1. The van der Waals surface area contributed by atoms with Crippen molar-refractivity contribution >= 4 is 11.9 Å². The molecule has 98 valence electrons. The first-order valence-corrected chi connectivity index (χ1v) is 5.73. The van der Waals surface area contributed by atoms with E-state index in [4.69, 9.17) is 0 Å². The van der Waals surface area contributed by atoms with Gasteiger partial charge in [0.05, 0.1) is 6.04 Å². The molecule has 0 aliphatic rings. The number of imide groups is 1. The molecule has 0 radical (unpaired) electrons. The van der Waals surface area contributed by atoms with Gasteiger partial charge in [0.2, 0.25) is 5.91 Å². The summed E-state index contributed by atoms with van der Waals surface area (Å²) in [5, 5.41) is 7.64. The third-order valence-corrected chi connectivity index (χ3v) is 2.54. The van der Waals surface area contributed by atoms with E-state index < -0.39 is 12.1 Å². The van der Waals surface area contributed by atoms with E-state index in [1.165, 1.54) is 7.05 Å². The summed E-state index contributed by atoms with van der Waals surface area (Å²) in [6, 6.07) is 2.75. The Bertz CT molecular complexity index is 408. The zero-order chi connectivity index (χ0) is 13.5. The van der Waals surface area contributed by atoms with Crippen LogP contribution in [0.5, 0.6) is 0 Å². The molecule has 1 heterocycles. The van der Waals surface area contributed by atoms with Gasteiger partial charge in [0, 0.05) is 25.5 Å². The summed E-state index contributed by atoms with van der Waals surface area (Å²) >= 11 is 0. The molecule has 1 aromatic rings.